The fraction of sp³-hybridized carbons (Fsp3) is 0.182. The van der Waals surface area contributed by atoms with Crippen LogP contribution in [0.5, 0.6) is 11.5 Å². The molecule has 1 N–H and O–H groups in total. The standard InChI is InChI=1S/C22H19Cl2F2NO2/c1-2-28-21-9-15(12-27-18-7-5-16(25)6-8-18)20(24)11-22(21)29-13-14-3-4-17(26)10-19(14)23/h3-11,27H,2,12-13H2,1H3. The molecule has 3 nitrogen and oxygen atoms in total. The van der Waals surface area contributed by atoms with Crippen molar-refractivity contribution in [1.82, 2.24) is 0 Å². The predicted molar refractivity (Wildman–Crippen MR) is 112 cm³/mol. The van der Waals surface area contributed by atoms with Gasteiger partial charge in [0.05, 0.1) is 11.6 Å². The Morgan fingerprint density at radius 1 is 0.793 bits per heavy atom. The first-order valence-corrected chi connectivity index (χ1v) is 9.73. The predicted octanol–water partition coefficient (Wildman–Crippen LogP) is 6.86. The van der Waals surface area contributed by atoms with Crippen molar-refractivity contribution in [2.45, 2.75) is 20.1 Å². The average molecular weight is 438 g/mol. The first kappa shape index (κ1) is 21.2. The highest BCUT2D eigenvalue weighted by Crippen LogP contribution is 2.35. The number of ether oxygens (including phenoxy) is 2. The minimum atomic E-state index is -0.408. The molecule has 7 heteroatoms. The highest BCUT2D eigenvalue weighted by molar-refractivity contribution is 6.31. The lowest BCUT2D eigenvalue weighted by Gasteiger charge is -2.16. The van der Waals surface area contributed by atoms with Gasteiger partial charge in [-0.25, -0.2) is 8.78 Å². The Balaban J connectivity index is 1.75. The summed E-state index contributed by atoms with van der Waals surface area (Å²) in [6.07, 6.45) is 0. The number of anilines is 1. The van der Waals surface area contributed by atoms with Gasteiger partial charge in [0.2, 0.25) is 0 Å². The molecular formula is C22H19Cl2F2NO2. The highest BCUT2D eigenvalue weighted by Gasteiger charge is 2.13. The summed E-state index contributed by atoms with van der Waals surface area (Å²) in [6, 6.07) is 13.7. The van der Waals surface area contributed by atoms with Gasteiger partial charge < -0.3 is 14.8 Å². The number of halogens is 4. The van der Waals surface area contributed by atoms with Crippen LogP contribution in [0.4, 0.5) is 14.5 Å². The molecule has 3 aromatic carbocycles. The highest BCUT2D eigenvalue weighted by atomic mass is 35.5. The van der Waals surface area contributed by atoms with E-state index in [2.05, 4.69) is 5.32 Å². The van der Waals surface area contributed by atoms with Gasteiger partial charge in [-0.1, -0.05) is 29.3 Å². The van der Waals surface area contributed by atoms with Gasteiger partial charge >= 0.3 is 0 Å². The molecule has 0 spiro atoms. The zero-order valence-corrected chi connectivity index (χ0v) is 17.2. The molecule has 0 aliphatic carbocycles. The molecule has 0 bridgehead atoms. The molecule has 0 radical (unpaired) electrons. The number of hydrogen-bond acceptors (Lipinski definition) is 3. The SMILES string of the molecule is CCOc1cc(CNc2ccc(F)cc2)c(Cl)cc1OCc1ccc(F)cc1Cl. The number of hydrogen-bond donors (Lipinski definition) is 1. The van der Waals surface area contributed by atoms with E-state index >= 15 is 0 Å². The molecule has 0 amide bonds. The average Bonchev–Trinajstić information content (AvgIpc) is 2.69. The van der Waals surface area contributed by atoms with Crippen LogP contribution in [0, 0.1) is 11.6 Å². The molecule has 0 unspecified atom stereocenters. The van der Waals surface area contributed by atoms with E-state index in [-0.39, 0.29) is 17.4 Å². The molecule has 0 aliphatic heterocycles. The molecule has 152 valence electrons. The fourth-order valence-corrected chi connectivity index (χ4v) is 3.10. The summed E-state index contributed by atoms with van der Waals surface area (Å²) in [5.74, 6) is 0.290. The lowest BCUT2D eigenvalue weighted by molar-refractivity contribution is 0.269. The molecule has 0 aliphatic rings. The van der Waals surface area contributed by atoms with Crippen LogP contribution in [-0.4, -0.2) is 6.61 Å². The van der Waals surface area contributed by atoms with Gasteiger partial charge in [-0.2, -0.15) is 0 Å². The number of nitrogens with one attached hydrogen (secondary N) is 1. The molecule has 0 aromatic heterocycles. The normalized spacial score (nSPS) is 10.7. The first-order chi connectivity index (χ1) is 14.0. The van der Waals surface area contributed by atoms with Crippen molar-refractivity contribution >= 4 is 28.9 Å². The Hall–Kier alpha value is -2.50. The quantitative estimate of drug-likeness (QED) is 0.417. The van der Waals surface area contributed by atoms with Crippen LogP contribution < -0.4 is 14.8 Å². The lowest BCUT2D eigenvalue weighted by atomic mass is 10.2. The summed E-state index contributed by atoms with van der Waals surface area (Å²) in [6.45, 7) is 2.88. The van der Waals surface area contributed by atoms with Crippen molar-refractivity contribution in [2.75, 3.05) is 11.9 Å². The zero-order chi connectivity index (χ0) is 20.8. The second-order valence-electron chi connectivity index (χ2n) is 6.21. The van der Waals surface area contributed by atoms with Gasteiger partial charge in [0, 0.05) is 28.9 Å². The summed E-state index contributed by atoms with van der Waals surface area (Å²) < 4.78 is 37.7. The third-order valence-electron chi connectivity index (χ3n) is 4.14. The Morgan fingerprint density at radius 2 is 1.45 bits per heavy atom. The molecule has 29 heavy (non-hydrogen) atoms. The molecule has 0 saturated heterocycles. The molecule has 3 rings (SSSR count). The van der Waals surface area contributed by atoms with E-state index in [1.54, 1.807) is 30.3 Å². The maximum Gasteiger partial charge on any atom is 0.163 e. The first-order valence-electron chi connectivity index (χ1n) is 8.97. The monoisotopic (exact) mass is 437 g/mol. The van der Waals surface area contributed by atoms with Gasteiger partial charge in [-0.15, -0.1) is 0 Å². The van der Waals surface area contributed by atoms with Crippen molar-refractivity contribution in [1.29, 1.82) is 0 Å². The number of rotatable bonds is 8. The summed E-state index contributed by atoms with van der Waals surface area (Å²) in [5.41, 5.74) is 2.21. The fourth-order valence-electron chi connectivity index (χ4n) is 2.65. The second-order valence-corrected chi connectivity index (χ2v) is 7.02. The van der Waals surface area contributed by atoms with Gasteiger partial charge in [-0.3, -0.25) is 0 Å². The summed E-state index contributed by atoms with van der Waals surface area (Å²) in [5, 5.41) is 3.96. The third-order valence-corrected chi connectivity index (χ3v) is 4.84. The Morgan fingerprint density at radius 3 is 2.14 bits per heavy atom. The maximum absolute atomic E-state index is 13.2. The van der Waals surface area contributed by atoms with Crippen LogP contribution in [0.25, 0.3) is 0 Å². The van der Waals surface area contributed by atoms with E-state index in [9.17, 15) is 8.78 Å². The van der Waals surface area contributed by atoms with Crippen LogP contribution in [0.2, 0.25) is 10.0 Å². The topological polar surface area (TPSA) is 30.5 Å². The van der Waals surface area contributed by atoms with Crippen molar-refractivity contribution in [3.8, 4) is 11.5 Å². The van der Waals surface area contributed by atoms with E-state index in [0.29, 0.717) is 35.2 Å². The molecular weight excluding hydrogens is 419 g/mol. The number of benzene rings is 3. The van der Waals surface area contributed by atoms with Gasteiger partial charge in [0.25, 0.3) is 0 Å². The Labute approximate surface area is 178 Å². The van der Waals surface area contributed by atoms with Crippen LogP contribution in [0.3, 0.4) is 0 Å². The van der Waals surface area contributed by atoms with Gasteiger partial charge in [-0.05, 0) is 55.0 Å². The summed E-state index contributed by atoms with van der Waals surface area (Å²) in [4.78, 5) is 0. The second kappa shape index (κ2) is 9.81. The van der Waals surface area contributed by atoms with Gasteiger partial charge in [0.1, 0.15) is 18.2 Å². The summed E-state index contributed by atoms with van der Waals surface area (Å²) >= 11 is 12.5. The largest absolute Gasteiger partial charge is 0.490 e. The van der Waals surface area contributed by atoms with E-state index in [4.69, 9.17) is 32.7 Å². The zero-order valence-electron chi connectivity index (χ0n) is 15.6. The summed E-state index contributed by atoms with van der Waals surface area (Å²) in [7, 11) is 0. The Kier molecular flexibility index (Phi) is 7.18. The molecule has 3 aromatic rings. The smallest absolute Gasteiger partial charge is 0.163 e. The molecule has 0 fully saturated rings. The van der Waals surface area contributed by atoms with E-state index < -0.39 is 5.82 Å². The molecule has 0 atom stereocenters. The van der Waals surface area contributed by atoms with Crippen molar-refractivity contribution in [3.63, 3.8) is 0 Å². The molecule has 0 saturated carbocycles. The van der Waals surface area contributed by atoms with Crippen LogP contribution in [0.1, 0.15) is 18.1 Å². The van der Waals surface area contributed by atoms with Crippen molar-refractivity contribution in [3.05, 3.63) is 87.4 Å². The molecule has 0 heterocycles. The van der Waals surface area contributed by atoms with Crippen LogP contribution in [-0.2, 0) is 13.2 Å². The third kappa shape index (κ3) is 5.75. The van der Waals surface area contributed by atoms with Crippen LogP contribution >= 0.6 is 23.2 Å². The van der Waals surface area contributed by atoms with E-state index in [0.717, 1.165) is 11.3 Å². The van der Waals surface area contributed by atoms with E-state index in [1.807, 2.05) is 6.92 Å². The lowest BCUT2D eigenvalue weighted by Crippen LogP contribution is -2.04. The van der Waals surface area contributed by atoms with Gasteiger partial charge in [0.15, 0.2) is 11.5 Å². The minimum absolute atomic E-state index is 0.142. The Bertz CT molecular complexity index is 981. The van der Waals surface area contributed by atoms with Crippen molar-refractivity contribution in [2.24, 2.45) is 0 Å². The maximum atomic E-state index is 13.2. The minimum Gasteiger partial charge on any atom is -0.490 e. The van der Waals surface area contributed by atoms with E-state index in [1.165, 1.54) is 24.3 Å². The van der Waals surface area contributed by atoms with Crippen LogP contribution in [0.15, 0.2) is 54.6 Å². The van der Waals surface area contributed by atoms with Crippen molar-refractivity contribution < 1.29 is 18.3 Å².